The maximum atomic E-state index is 4.98. The van der Waals surface area contributed by atoms with E-state index in [1.165, 1.54) is 11.1 Å². The van der Waals surface area contributed by atoms with Gasteiger partial charge in [-0.05, 0) is 12.5 Å². The van der Waals surface area contributed by atoms with Crippen LogP contribution in [0.5, 0.6) is 0 Å². The van der Waals surface area contributed by atoms with Crippen LogP contribution >= 0.6 is 11.8 Å². The van der Waals surface area contributed by atoms with Crippen molar-refractivity contribution in [3.8, 4) is 0 Å². The second kappa shape index (κ2) is 8.77. The van der Waals surface area contributed by atoms with Crippen LogP contribution in [0, 0.1) is 6.92 Å². The summed E-state index contributed by atoms with van der Waals surface area (Å²) in [4.78, 5) is 8.79. The average Bonchev–Trinajstić information content (AvgIpc) is 2.51. The Kier molecular flexibility index (Phi) is 6.66. The number of hydrogen-bond acceptors (Lipinski definition) is 5. The molecule has 21 heavy (non-hydrogen) atoms. The molecule has 0 unspecified atom stereocenters. The maximum absolute atomic E-state index is 4.98. The van der Waals surface area contributed by atoms with E-state index in [9.17, 15) is 0 Å². The second-order valence-corrected chi connectivity index (χ2v) is 5.76. The predicted molar refractivity (Wildman–Crippen MR) is 86.4 cm³/mol. The van der Waals surface area contributed by atoms with E-state index in [0.29, 0.717) is 6.61 Å². The Hall–Kier alpha value is -1.43. The van der Waals surface area contributed by atoms with Crippen LogP contribution in [0.25, 0.3) is 0 Å². The molecule has 0 aliphatic heterocycles. The molecule has 1 aromatic heterocycles. The molecule has 0 aliphatic carbocycles. The van der Waals surface area contributed by atoms with Gasteiger partial charge in [-0.15, -0.1) is 0 Å². The molecule has 2 aromatic rings. The summed E-state index contributed by atoms with van der Waals surface area (Å²) >= 11 is 1.66. The molecule has 0 amide bonds. The fourth-order valence-corrected chi connectivity index (χ4v) is 2.60. The van der Waals surface area contributed by atoms with Gasteiger partial charge in [0, 0.05) is 43.9 Å². The largest absolute Gasteiger partial charge is 0.383 e. The van der Waals surface area contributed by atoms with Gasteiger partial charge in [-0.1, -0.05) is 41.6 Å². The molecule has 0 radical (unpaired) electrons. The zero-order valence-electron chi connectivity index (χ0n) is 12.5. The minimum absolute atomic E-state index is 0.714. The number of hydrogen-bond donors (Lipinski definition) is 1. The highest BCUT2D eigenvalue weighted by Gasteiger charge is 2.00. The number of thioether (sulfide) groups is 1. The van der Waals surface area contributed by atoms with Crippen molar-refractivity contribution in [1.82, 2.24) is 15.3 Å². The van der Waals surface area contributed by atoms with E-state index >= 15 is 0 Å². The van der Waals surface area contributed by atoms with Crippen LogP contribution in [0.3, 0.4) is 0 Å². The van der Waals surface area contributed by atoms with E-state index in [0.717, 1.165) is 29.6 Å². The zero-order valence-corrected chi connectivity index (χ0v) is 13.3. The molecule has 1 N–H and O–H groups in total. The molecule has 4 nitrogen and oxygen atoms in total. The number of aryl methyl sites for hydroxylation is 1. The summed E-state index contributed by atoms with van der Waals surface area (Å²) in [5.41, 5.74) is 3.67. The number of aromatic nitrogens is 2. The molecule has 2 rings (SSSR count). The lowest BCUT2D eigenvalue weighted by Gasteiger charge is -2.05. The van der Waals surface area contributed by atoms with E-state index in [4.69, 9.17) is 4.74 Å². The smallest absolute Gasteiger partial charge is 0.187 e. The van der Waals surface area contributed by atoms with Crippen LogP contribution in [-0.2, 0) is 17.0 Å². The van der Waals surface area contributed by atoms with E-state index in [2.05, 4.69) is 46.5 Å². The van der Waals surface area contributed by atoms with Crippen LogP contribution in [0.15, 0.2) is 41.8 Å². The molecule has 5 heteroatoms. The van der Waals surface area contributed by atoms with E-state index in [-0.39, 0.29) is 0 Å². The zero-order chi connectivity index (χ0) is 14.9. The third kappa shape index (κ3) is 5.83. The number of benzene rings is 1. The Balaban J connectivity index is 1.79. The highest BCUT2D eigenvalue weighted by atomic mass is 32.2. The van der Waals surface area contributed by atoms with E-state index in [1.54, 1.807) is 18.9 Å². The van der Waals surface area contributed by atoms with Crippen molar-refractivity contribution in [2.75, 3.05) is 20.3 Å². The number of ether oxygens (including phenoxy) is 1. The van der Waals surface area contributed by atoms with E-state index in [1.807, 2.05) is 12.4 Å². The molecule has 0 atom stereocenters. The summed E-state index contributed by atoms with van der Waals surface area (Å²) in [5, 5.41) is 4.09. The Morgan fingerprint density at radius 1 is 1.19 bits per heavy atom. The quantitative estimate of drug-likeness (QED) is 0.461. The van der Waals surface area contributed by atoms with Crippen LogP contribution in [0.1, 0.15) is 16.7 Å². The van der Waals surface area contributed by atoms with Crippen molar-refractivity contribution >= 4 is 11.8 Å². The second-order valence-electron chi connectivity index (χ2n) is 4.82. The van der Waals surface area contributed by atoms with Crippen molar-refractivity contribution < 1.29 is 4.74 Å². The number of methoxy groups -OCH3 is 1. The van der Waals surface area contributed by atoms with Gasteiger partial charge in [0.1, 0.15) is 0 Å². The van der Waals surface area contributed by atoms with Gasteiger partial charge < -0.3 is 10.1 Å². The Labute approximate surface area is 130 Å². The summed E-state index contributed by atoms with van der Waals surface area (Å²) in [5.74, 6) is 0.896. The number of nitrogens with zero attached hydrogens (tertiary/aromatic N) is 2. The van der Waals surface area contributed by atoms with Crippen molar-refractivity contribution in [3.05, 3.63) is 53.3 Å². The Morgan fingerprint density at radius 2 is 2.00 bits per heavy atom. The minimum Gasteiger partial charge on any atom is -0.383 e. The third-order valence-corrected chi connectivity index (χ3v) is 3.89. The number of rotatable bonds is 8. The molecule has 0 fully saturated rings. The third-order valence-electron chi connectivity index (χ3n) is 2.94. The van der Waals surface area contributed by atoms with Crippen molar-refractivity contribution in [1.29, 1.82) is 0 Å². The van der Waals surface area contributed by atoms with Crippen molar-refractivity contribution in [2.24, 2.45) is 0 Å². The van der Waals surface area contributed by atoms with Gasteiger partial charge in [0.05, 0.1) is 6.61 Å². The van der Waals surface area contributed by atoms with Gasteiger partial charge in [0.15, 0.2) is 5.16 Å². The first-order valence-electron chi connectivity index (χ1n) is 6.97. The normalized spacial score (nSPS) is 10.8. The van der Waals surface area contributed by atoms with Gasteiger partial charge in [0.25, 0.3) is 0 Å². The van der Waals surface area contributed by atoms with Gasteiger partial charge in [0.2, 0.25) is 0 Å². The standard InChI is InChI=1S/C16H21N3OS/c1-13-4-3-5-14(8-13)12-21-16-18-10-15(11-19-16)9-17-6-7-20-2/h3-5,8,10-11,17H,6-7,9,12H2,1-2H3. The fourth-order valence-electron chi connectivity index (χ4n) is 1.87. The average molecular weight is 303 g/mol. The van der Waals surface area contributed by atoms with Crippen LogP contribution in [0.4, 0.5) is 0 Å². The summed E-state index contributed by atoms with van der Waals surface area (Å²) < 4.78 is 4.98. The lowest BCUT2D eigenvalue weighted by Crippen LogP contribution is -2.18. The first-order chi connectivity index (χ1) is 10.3. The highest BCUT2D eigenvalue weighted by Crippen LogP contribution is 2.19. The van der Waals surface area contributed by atoms with Crippen LogP contribution in [0.2, 0.25) is 0 Å². The molecule has 0 saturated carbocycles. The Bertz CT molecular complexity index is 545. The van der Waals surface area contributed by atoms with Gasteiger partial charge in [-0.3, -0.25) is 0 Å². The van der Waals surface area contributed by atoms with Gasteiger partial charge in [-0.2, -0.15) is 0 Å². The first kappa shape index (κ1) is 15.9. The molecule has 0 saturated heterocycles. The molecule has 112 valence electrons. The minimum atomic E-state index is 0.714. The SMILES string of the molecule is COCCNCc1cnc(SCc2cccc(C)c2)nc1. The molecule has 1 aromatic carbocycles. The molecule has 0 spiro atoms. The molecule has 0 bridgehead atoms. The topological polar surface area (TPSA) is 47.0 Å². The maximum Gasteiger partial charge on any atom is 0.187 e. The molecular formula is C16H21N3OS. The lowest BCUT2D eigenvalue weighted by atomic mass is 10.2. The summed E-state index contributed by atoms with van der Waals surface area (Å²) in [6.45, 7) is 4.42. The predicted octanol–water partition coefficient (Wildman–Crippen LogP) is 2.81. The van der Waals surface area contributed by atoms with Gasteiger partial charge in [-0.25, -0.2) is 9.97 Å². The summed E-state index contributed by atoms with van der Waals surface area (Å²) in [7, 11) is 1.70. The monoisotopic (exact) mass is 303 g/mol. The summed E-state index contributed by atoms with van der Waals surface area (Å²) in [6, 6.07) is 8.52. The van der Waals surface area contributed by atoms with Crippen molar-refractivity contribution in [2.45, 2.75) is 24.4 Å². The highest BCUT2D eigenvalue weighted by molar-refractivity contribution is 7.98. The first-order valence-corrected chi connectivity index (χ1v) is 7.95. The lowest BCUT2D eigenvalue weighted by molar-refractivity contribution is 0.199. The van der Waals surface area contributed by atoms with Crippen LogP contribution < -0.4 is 5.32 Å². The Morgan fingerprint density at radius 3 is 2.71 bits per heavy atom. The van der Waals surface area contributed by atoms with Gasteiger partial charge >= 0.3 is 0 Å². The molecular weight excluding hydrogens is 282 g/mol. The van der Waals surface area contributed by atoms with Crippen molar-refractivity contribution in [3.63, 3.8) is 0 Å². The van der Waals surface area contributed by atoms with E-state index < -0.39 is 0 Å². The summed E-state index contributed by atoms with van der Waals surface area (Å²) in [6.07, 6.45) is 3.76. The molecule has 1 heterocycles. The van der Waals surface area contributed by atoms with Crippen LogP contribution in [-0.4, -0.2) is 30.2 Å². The number of nitrogens with one attached hydrogen (secondary N) is 1. The molecule has 0 aliphatic rings. The fraction of sp³-hybridized carbons (Fsp3) is 0.375.